The summed E-state index contributed by atoms with van der Waals surface area (Å²) in [4.78, 5) is 37.0. The number of cyclic esters (lactones) is 1. The molecule has 6 heteroatoms. The third-order valence-corrected chi connectivity index (χ3v) is 7.21. The fourth-order valence-electron chi connectivity index (χ4n) is 6.58. The summed E-state index contributed by atoms with van der Waals surface area (Å²) in [6, 6.07) is 7.12. The van der Waals surface area contributed by atoms with E-state index in [0.29, 0.717) is 18.4 Å². The van der Waals surface area contributed by atoms with Crippen molar-refractivity contribution in [2.75, 3.05) is 0 Å². The Hall–Kier alpha value is -2.37. The van der Waals surface area contributed by atoms with Gasteiger partial charge in [0.15, 0.2) is 6.10 Å². The van der Waals surface area contributed by atoms with Gasteiger partial charge in [0.1, 0.15) is 0 Å². The van der Waals surface area contributed by atoms with E-state index in [9.17, 15) is 14.4 Å². The van der Waals surface area contributed by atoms with Gasteiger partial charge in [0.05, 0.1) is 5.56 Å². The first-order valence-corrected chi connectivity index (χ1v) is 10.4. The SMILES string of the molecule is O=C(CC12CC3CC(CC(C3)C1)C2)NNC(=O)C1Cc2ccccc2C(=O)O1. The number of amides is 2. The van der Waals surface area contributed by atoms with E-state index in [1.807, 2.05) is 12.1 Å². The molecule has 1 unspecified atom stereocenters. The van der Waals surface area contributed by atoms with E-state index >= 15 is 0 Å². The first-order valence-electron chi connectivity index (χ1n) is 10.4. The molecular formula is C22H26N2O4. The maximum absolute atomic E-state index is 12.5. The van der Waals surface area contributed by atoms with Crippen LogP contribution in [0.4, 0.5) is 0 Å². The van der Waals surface area contributed by atoms with E-state index in [2.05, 4.69) is 10.9 Å². The van der Waals surface area contributed by atoms with Gasteiger partial charge in [-0.1, -0.05) is 18.2 Å². The zero-order valence-corrected chi connectivity index (χ0v) is 15.9. The number of hydrogen-bond acceptors (Lipinski definition) is 4. The second kappa shape index (κ2) is 6.61. The van der Waals surface area contributed by atoms with Gasteiger partial charge in [-0.25, -0.2) is 4.79 Å². The maximum atomic E-state index is 12.5. The van der Waals surface area contributed by atoms with Crippen LogP contribution in [0.2, 0.25) is 0 Å². The van der Waals surface area contributed by atoms with Crippen molar-refractivity contribution in [2.45, 2.75) is 57.5 Å². The number of esters is 1. The topological polar surface area (TPSA) is 84.5 Å². The van der Waals surface area contributed by atoms with Gasteiger partial charge in [0, 0.05) is 12.8 Å². The number of nitrogens with one attached hydrogen (secondary N) is 2. The molecule has 4 bridgehead atoms. The minimum Gasteiger partial charge on any atom is -0.448 e. The van der Waals surface area contributed by atoms with Gasteiger partial charge < -0.3 is 4.74 Å². The zero-order valence-electron chi connectivity index (χ0n) is 15.9. The lowest BCUT2D eigenvalue weighted by Gasteiger charge is -2.56. The number of carbonyl (C=O) groups excluding carboxylic acids is 3. The van der Waals surface area contributed by atoms with Crippen molar-refractivity contribution in [1.29, 1.82) is 0 Å². The fourth-order valence-corrected chi connectivity index (χ4v) is 6.58. The van der Waals surface area contributed by atoms with Crippen molar-refractivity contribution in [3.8, 4) is 0 Å². The van der Waals surface area contributed by atoms with Gasteiger partial charge in [0.25, 0.3) is 5.91 Å². The summed E-state index contributed by atoms with van der Waals surface area (Å²) in [5.74, 6) is 1.24. The van der Waals surface area contributed by atoms with E-state index in [1.54, 1.807) is 12.1 Å². The van der Waals surface area contributed by atoms with Crippen LogP contribution >= 0.6 is 0 Å². The summed E-state index contributed by atoms with van der Waals surface area (Å²) in [5.41, 5.74) is 6.45. The van der Waals surface area contributed by atoms with E-state index in [4.69, 9.17) is 4.74 Å². The number of carbonyl (C=O) groups is 3. The van der Waals surface area contributed by atoms with Crippen molar-refractivity contribution in [2.24, 2.45) is 23.2 Å². The van der Waals surface area contributed by atoms with Crippen LogP contribution in [0.15, 0.2) is 24.3 Å². The fraction of sp³-hybridized carbons (Fsp3) is 0.591. The number of hydrazine groups is 1. The lowest BCUT2D eigenvalue weighted by Crippen LogP contribution is -2.52. The Kier molecular flexibility index (Phi) is 4.18. The Bertz CT molecular complexity index is 798. The molecule has 1 aliphatic heterocycles. The van der Waals surface area contributed by atoms with Gasteiger partial charge in [-0.15, -0.1) is 0 Å². The molecular weight excluding hydrogens is 356 g/mol. The van der Waals surface area contributed by atoms with Gasteiger partial charge in [-0.3, -0.25) is 20.4 Å². The Labute approximate surface area is 164 Å². The van der Waals surface area contributed by atoms with Crippen LogP contribution in [-0.2, 0) is 20.7 Å². The van der Waals surface area contributed by atoms with Gasteiger partial charge in [-0.05, 0) is 73.3 Å². The Morgan fingerprint density at radius 3 is 2.32 bits per heavy atom. The molecule has 6 rings (SSSR count). The lowest BCUT2D eigenvalue weighted by atomic mass is 9.49. The van der Waals surface area contributed by atoms with Crippen molar-refractivity contribution in [3.05, 3.63) is 35.4 Å². The molecule has 1 aromatic rings. The number of hydrogen-bond donors (Lipinski definition) is 2. The van der Waals surface area contributed by atoms with Crippen molar-refractivity contribution in [1.82, 2.24) is 10.9 Å². The molecule has 4 saturated carbocycles. The van der Waals surface area contributed by atoms with Crippen molar-refractivity contribution >= 4 is 17.8 Å². The molecule has 5 aliphatic rings. The molecule has 2 amide bonds. The summed E-state index contributed by atoms with van der Waals surface area (Å²) < 4.78 is 5.24. The van der Waals surface area contributed by atoms with Crippen molar-refractivity contribution in [3.63, 3.8) is 0 Å². The summed E-state index contributed by atoms with van der Waals surface area (Å²) in [7, 11) is 0. The molecule has 28 heavy (non-hydrogen) atoms. The van der Waals surface area contributed by atoms with E-state index in [1.165, 1.54) is 19.3 Å². The van der Waals surface area contributed by atoms with Crippen LogP contribution in [0.5, 0.6) is 0 Å². The second-order valence-electron chi connectivity index (χ2n) is 9.39. The Morgan fingerprint density at radius 2 is 1.64 bits per heavy atom. The quantitative estimate of drug-likeness (QED) is 0.621. The normalized spacial score (nSPS) is 35.1. The lowest BCUT2D eigenvalue weighted by molar-refractivity contribution is -0.137. The van der Waals surface area contributed by atoms with Gasteiger partial charge in [0.2, 0.25) is 5.91 Å². The number of fused-ring (bicyclic) bond motifs is 1. The summed E-state index contributed by atoms with van der Waals surface area (Å²) in [5, 5.41) is 0. The monoisotopic (exact) mass is 382 g/mol. The molecule has 2 N–H and O–H groups in total. The summed E-state index contributed by atoms with van der Waals surface area (Å²) in [6.07, 6.45) is 7.35. The van der Waals surface area contributed by atoms with E-state index < -0.39 is 18.0 Å². The highest BCUT2D eigenvalue weighted by molar-refractivity contribution is 5.96. The smallest absolute Gasteiger partial charge is 0.339 e. The van der Waals surface area contributed by atoms with Gasteiger partial charge >= 0.3 is 5.97 Å². The molecule has 4 aliphatic carbocycles. The van der Waals surface area contributed by atoms with E-state index in [-0.39, 0.29) is 11.3 Å². The van der Waals surface area contributed by atoms with E-state index in [0.717, 1.165) is 42.6 Å². The minimum absolute atomic E-state index is 0.125. The number of rotatable bonds is 3. The first kappa shape index (κ1) is 17.7. The third kappa shape index (κ3) is 3.19. The standard InChI is InChI=1S/C22H26N2O4/c25-19(12-22-9-13-5-14(10-22)7-15(6-13)11-22)23-24-20(26)18-8-16-3-1-2-4-17(16)21(27)28-18/h1-4,13-15,18H,5-12H2,(H,23,25)(H,24,26). The third-order valence-electron chi connectivity index (χ3n) is 7.21. The molecule has 1 heterocycles. The Balaban J connectivity index is 1.16. The molecule has 0 radical (unpaired) electrons. The zero-order chi connectivity index (χ0) is 19.3. The largest absolute Gasteiger partial charge is 0.448 e. The molecule has 1 atom stereocenters. The molecule has 1 aromatic carbocycles. The number of benzene rings is 1. The maximum Gasteiger partial charge on any atom is 0.339 e. The predicted octanol–water partition coefficient (Wildman–Crippen LogP) is 2.52. The highest BCUT2D eigenvalue weighted by Gasteiger charge is 2.51. The molecule has 148 valence electrons. The summed E-state index contributed by atoms with van der Waals surface area (Å²) >= 11 is 0. The highest BCUT2D eigenvalue weighted by atomic mass is 16.5. The predicted molar refractivity (Wildman–Crippen MR) is 101 cm³/mol. The highest BCUT2D eigenvalue weighted by Crippen LogP contribution is 2.61. The van der Waals surface area contributed by atoms with Crippen LogP contribution in [0.1, 0.15) is 60.9 Å². The first-order chi connectivity index (χ1) is 13.5. The van der Waals surface area contributed by atoms with Gasteiger partial charge in [-0.2, -0.15) is 0 Å². The average molecular weight is 382 g/mol. The average Bonchev–Trinajstić information content (AvgIpc) is 2.64. The van der Waals surface area contributed by atoms with Crippen LogP contribution < -0.4 is 10.9 Å². The number of ether oxygens (including phenoxy) is 1. The van der Waals surface area contributed by atoms with Crippen LogP contribution in [0, 0.1) is 23.2 Å². The Morgan fingerprint density at radius 1 is 1.00 bits per heavy atom. The molecule has 0 aromatic heterocycles. The van der Waals surface area contributed by atoms with Crippen LogP contribution in [0.3, 0.4) is 0 Å². The van der Waals surface area contributed by atoms with Crippen LogP contribution in [-0.4, -0.2) is 23.9 Å². The molecule has 4 fully saturated rings. The second-order valence-corrected chi connectivity index (χ2v) is 9.39. The minimum atomic E-state index is -0.915. The molecule has 0 saturated heterocycles. The molecule has 0 spiro atoms. The summed E-state index contributed by atoms with van der Waals surface area (Å²) in [6.45, 7) is 0. The van der Waals surface area contributed by atoms with Crippen LogP contribution in [0.25, 0.3) is 0 Å². The van der Waals surface area contributed by atoms with Crippen molar-refractivity contribution < 1.29 is 19.1 Å². The molecule has 6 nitrogen and oxygen atoms in total.